The van der Waals surface area contributed by atoms with E-state index in [4.69, 9.17) is 19.3 Å². The number of nitrogens with zero attached hydrogens (tertiary/aromatic N) is 4. The molecule has 0 spiro atoms. The number of phenolic OH excluding ortho intramolecular Hbond substituents is 1. The number of likely N-dealkylation sites (tertiary alicyclic amines) is 4. The number of carbonyl (C=O) groups excluding carboxylic acids is 10. The number of aliphatic carboxylic acids is 1. The van der Waals surface area contributed by atoms with Crippen LogP contribution in [0.5, 0.6) is 23.0 Å². The predicted octanol–water partition coefficient (Wildman–Crippen LogP) is 9.89. The fourth-order valence-corrected chi connectivity index (χ4v) is 19.6. The summed E-state index contributed by atoms with van der Waals surface area (Å²) in [6, 6.07) is 61.3. The molecule has 4 aliphatic heterocycles. The van der Waals surface area contributed by atoms with Gasteiger partial charge in [0.25, 0.3) is 30.1 Å². The molecule has 4 saturated heterocycles. The maximum absolute atomic E-state index is 12.3. The second kappa shape index (κ2) is 48.2. The number of hydrogen-bond donors (Lipinski definition) is 12. The van der Waals surface area contributed by atoms with Crippen LogP contribution in [-0.4, -0.2) is 246 Å². The lowest BCUT2D eigenvalue weighted by atomic mass is 9.76. The van der Waals surface area contributed by atoms with Gasteiger partial charge in [-0.2, -0.15) is 0 Å². The number of aliphatic hydroxyl groups is 2. The van der Waals surface area contributed by atoms with Crippen molar-refractivity contribution >= 4 is 65.5 Å². The molecule has 8 amide bonds. The number of phenols is 1. The fraction of sp³-hybridized carbons (Fsp3) is 0.443. The van der Waals surface area contributed by atoms with E-state index in [0.29, 0.717) is 102 Å². The highest BCUT2D eigenvalue weighted by Crippen LogP contribution is 2.44. The predicted molar refractivity (Wildman–Crippen MR) is 514 cm³/mol. The van der Waals surface area contributed by atoms with Gasteiger partial charge in [-0.05, 0) is 269 Å². The number of rotatable bonds is 32. The van der Waals surface area contributed by atoms with Crippen LogP contribution in [0.2, 0.25) is 0 Å². The second-order valence-corrected chi connectivity index (χ2v) is 37.7. The maximum atomic E-state index is 12.3. The molecule has 0 unspecified atom stereocenters. The molecule has 0 bridgehead atoms. The molecular formula is C106H130N12O18. The van der Waals surface area contributed by atoms with E-state index < -0.39 is 17.2 Å². The summed E-state index contributed by atoms with van der Waals surface area (Å²) in [5.74, 6) is 0.407. The molecular weight excluding hydrogens is 1730 g/mol. The maximum Gasteiger partial charge on any atom is 0.341 e. The Bertz CT molecular complexity index is 5240. The van der Waals surface area contributed by atoms with Crippen LogP contribution >= 0.6 is 0 Å². The van der Waals surface area contributed by atoms with Crippen LogP contribution in [0.4, 0.5) is 0 Å². The van der Waals surface area contributed by atoms with Gasteiger partial charge in [-0.1, -0.05) is 119 Å². The first-order valence-corrected chi connectivity index (χ1v) is 47.6. The summed E-state index contributed by atoms with van der Waals surface area (Å²) < 4.78 is 15.5. The van der Waals surface area contributed by atoms with Crippen LogP contribution in [0.25, 0.3) is 0 Å². The van der Waals surface area contributed by atoms with Gasteiger partial charge in [0.1, 0.15) is 29.6 Å². The first-order valence-electron chi connectivity index (χ1n) is 47.6. The van der Waals surface area contributed by atoms with E-state index >= 15 is 0 Å². The van der Waals surface area contributed by atoms with Gasteiger partial charge in [0.15, 0.2) is 12.4 Å². The summed E-state index contributed by atoms with van der Waals surface area (Å²) in [4.78, 5) is 139. The zero-order chi connectivity index (χ0) is 96.4. The zero-order valence-electron chi connectivity index (χ0n) is 78.3. The Hall–Kier alpha value is -12.7. The molecule has 8 aliphatic rings. The number of Topliss-reactive ketones (excluding diaryl/α,β-unsaturated/α-hetero) is 1. The fourth-order valence-electron chi connectivity index (χ4n) is 19.6. The Morgan fingerprint density at radius 3 is 0.949 bits per heavy atom. The first kappa shape index (κ1) is 101. The van der Waals surface area contributed by atoms with Crippen LogP contribution in [0.1, 0.15) is 207 Å². The molecule has 8 aromatic rings. The minimum absolute atomic E-state index is 0.00698. The quantitative estimate of drug-likeness (QED) is 0.0174. The largest absolute Gasteiger partial charge is 0.508 e. The summed E-state index contributed by atoms with van der Waals surface area (Å²) in [7, 11) is 0. The van der Waals surface area contributed by atoms with E-state index in [1.807, 2.05) is 137 Å². The van der Waals surface area contributed by atoms with Crippen molar-refractivity contribution in [2.24, 2.45) is 0 Å². The molecule has 4 saturated carbocycles. The SMILES string of the molecule is CC(=O)COc1ccc(C2CCC(N3CC(NC(=O)CNC(=O)c4cccc(C)c4)C3)CC2)cc1.Cc1cccc(C(=O)NCC(=O)NC2CN(C3CCC(O)(c4ccc(OC=O)cc4)CC3)C2)c1.Cc1cccc(C(=O)NCC(=O)NC2CN(C3CCC(O)(c4cccc(O)c4)CC3)C2)c1.Cc1cccc(C(=O)NCC(=O)NC2CN(C3CCC(c4ccc(OCC(=O)O)cc4)CC3)C2)c1. The molecule has 4 aliphatic carbocycles. The van der Waals surface area contributed by atoms with E-state index in [2.05, 4.69) is 74.3 Å². The summed E-state index contributed by atoms with van der Waals surface area (Å²) in [5, 5.41) is 63.3. The average molecular weight is 1860 g/mol. The molecule has 0 radical (unpaired) electrons. The molecule has 0 atom stereocenters. The number of ketones is 1. The highest BCUT2D eigenvalue weighted by molar-refractivity contribution is 5.99. The van der Waals surface area contributed by atoms with E-state index in [9.17, 15) is 68.1 Å². The molecule has 30 nitrogen and oxygen atoms in total. The number of carboxylic acids is 1. The second-order valence-electron chi connectivity index (χ2n) is 37.7. The normalized spacial score (nSPS) is 21.9. The third-order valence-corrected chi connectivity index (χ3v) is 27.3. The van der Waals surface area contributed by atoms with Gasteiger partial charge < -0.3 is 77.2 Å². The van der Waals surface area contributed by atoms with E-state index in [1.54, 1.807) is 72.8 Å². The number of aromatic hydroxyl groups is 1. The standard InChI is InChI=1S/C28H35N3O4.C27H33N3O5.C26H31N3O5.C25H31N3O4/c1-19-4-3-5-23(14-19)28(34)29-15-27(33)30-24-16-31(17-24)25-10-6-21(7-11-25)22-8-12-26(13-9-22)35-18-20(2)32;1-18-3-2-4-21(13-18)27(34)28-14-25(31)29-22-15-30(16-22)23-9-5-19(6-10-23)20-7-11-24(12-8-20)35-17-26(32)33;1-18-3-2-4-19(13-18)25(32)27-14-24(31)28-21-15-29(16-21)22-9-11-26(33,12-10-22)20-5-7-23(8-6-20)34-17-30;1-17-4-2-5-18(12-17)24(31)26-14-23(30)27-20-15-28(16-20)21-8-10-25(32,11-9-21)19-6-3-7-22(29)13-19/h3-5,8-9,12-14,21,24-25H,6-7,10-11,15-18H2,1-2H3,(H,29,34)(H,30,33);2-4,7-8,11-13,19,22-23H,5-6,9-10,14-17H2,1H3,(H,28,34)(H,29,31)(H,32,33);2-8,13,17,21-22,33H,9-12,14-16H2,1H3,(H,27,32)(H,28,31);2-7,12-13,20-21,29,32H,8-11,14-16H2,1H3,(H,26,31)(H,27,30). The first-order chi connectivity index (χ1) is 65.4. The summed E-state index contributed by atoms with van der Waals surface area (Å²) in [6.07, 6.45) is 15.2. The molecule has 12 N–H and O–H groups in total. The van der Waals surface area contributed by atoms with Crippen molar-refractivity contribution in [1.82, 2.24) is 62.1 Å². The minimum Gasteiger partial charge on any atom is -0.508 e. The van der Waals surface area contributed by atoms with Crippen molar-refractivity contribution in [2.45, 2.75) is 209 Å². The van der Waals surface area contributed by atoms with Crippen molar-refractivity contribution < 1.29 is 87.4 Å². The molecule has 722 valence electrons. The zero-order valence-corrected chi connectivity index (χ0v) is 78.3. The Labute approximate surface area is 795 Å². The highest BCUT2D eigenvalue weighted by Gasteiger charge is 2.44. The smallest absolute Gasteiger partial charge is 0.341 e. The van der Waals surface area contributed by atoms with Crippen molar-refractivity contribution in [1.29, 1.82) is 0 Å². The third kappa shape index (κ3) is 29.4. The van der Waals surface area contributed by atoms with Crippen molar-refractivity contribution in [3.05, 3.63) is 261 Å². The number of ether oxygens (including phenoxy) is 3. The number of amides is 8. The van der Waals surface area contributed by atoms with Crippen LogP contribution in [-0.2, 0) is 44.8 Å². The Morgan fingerprint density at radius 2 is 0.654 bits per heavy atom. The van der Waals surface area contributed by atoms with Gasteiger partial charge in [0.05, 0.1) is 61.5 Å². The Kier molecular flexibility index (Phi) is 35.7. The number of carbonyl (C=O) groups is 11. The van der Waals surface area contributed by atoms with Crippen LogP contribution in [0.3, 0.4) is 0 Å². The molecule has 136 heavy (non-hydrogen) atoms. The monoisotopic (exact) mass is 1860 g/mol. The number of hydrogen-bond acceptors (Lipinski definition) is 21. The molecule has 8 aromatic carbocycles. The van der Waals surface area contributed by atoms with Gasteiger partial charge in [-0.15, -0.1) is 0 Å². The number of benzene rings is 8. The van der Waals surface area contributed by atoms with Gasteiger partial charge in [-0.3, -0.25) is 67.5 Å². The lowest BCUT2D eigenvalue weighted by Gasteiger charge is -2.48. The Morgan fingerprint density at radius 1 is 0.360 bits per heavy atom. The Balaban J connectivity index is 0.000000153. The average Bonchev–Trinajstić information content (AvgIpc) is 0.789. The van der Waals surface area contributed by atoms with Crippen LogP contribution in [0.15, 0.2) is 194 Å². The van der Waals surface area contributed by atoms with Crippen molar-refractivity contribution in [2.75, 3.05) is 91.8 Å². The van der Waals surface area contributed by atoms with Gasteiger partial charge in [-0.25, -0.2) is 4.79 Å². The van der Waals surface area contributed by atoms with Gasteiger partial charge in [0, 0.05) is 98.8 Å². The third-order valence-electron chi connectivity index (χ3n) is 27.3. The molecule has 8 fully saturated rings. The molecule has 30 heteroatoms. The topological polar surface area (TPSA) is 406 Å². The van der Waals surface area contributed by atoms with Crippen LogP contribution in [0, 0.1) is 27.7 Å². The lowest BCUT2D eigenvalue weighted by molar-refractivity contribution is -0.139. The summed E-state index contributed by atoms with van der Waals surface area (Å²) in [6.45, 7) is 15.9. The summed E-state index contributed by atoms with van der Waals surface area (Å²) in [5.41, 5.74) is 8.70. The number of aryl methyl sites for hydroxylation is 4. The molecule has 0 aromatic heterocycles. The lowest BCUT2D eigenvalue weighted by Crippen LogP contribution is -2.63. The van der Waals surface area contributed by atoms with Crippen molar-refractivity contribution in [3.63, 3.8) is 0 Å². The van der Waals surface area contributed by atoms with E-state index in [0.717, 1.165) is 169 Å². The minimum atomic E-state index is -0.981. The molecule has 16 rings (SSSR count). The van der Waals surface area contributed by atoms with Crippen molar-refractivity contribution in [3.8, 4) is 23.0 Å². The van der Waals surface area contributed by atoms with E-state index in [1.165, 1.54) is 18.1 Å². The van der Waals surface area contributed by atoms with Crippen LogP contribution < -0.4 is 56.7 Å². The van der Waals surface area contributed by atoms with Gasteiger partial charge >= 0.3 is 5.97 Å². The highest BCUT2D eigenvalue weighted by atomic mass is 16.5. The summed E-state index contributed by atoms with van der Waals surface area (Å²) >= 11 is 0. The molecule has 4 heterocycles. The van der Waals surface area contributed by atoms with E-state index in [-0.39, 0.29) is 122 Å². The van der Waals surface area contributed by atoms with Gasteiger partial charge in [0.2, 0.25) is 23.6 Å². The number of carboxylic acid groups (broad SMARTS) is 1. The number of nitrogens with one attached hydrogen (secondary N) is 8.